The molecule has 1 aliphatic rings. The molecule has 134 valence electrons. The standard InChI is InChI=1S/C20H21FN4S/c1-12-5-13(3-4-22-12)18-7-14-10-25(11-19(14)26-18)16-6-15-9-24(2)23-20(15)17(21)8-16/h6-13,22H,3-5H2,1-2H3/t12-,13?/m1/s1. The van der Waals surface area contributed by atoms with Gasteiger partial charge in [0.05, 0.1) is 4.70 Å². The van der Waals surface area contributed by atoms with Crippen LogP contribution in [-0.4, -0.2) is 26.9 Å². The van der Waals surface area contributed by atoms with Crippen LogP contribution in [0.15, 0.2) is 36.8 Å². The number of rotatable bonds is 2. The molecule has 0 saturated carbocycles. The molecule has 3 aromatic heterocycles. The summed E-state index contributed by atoms with van der Waals surface area (Å²) in [6, 6.07) is 6.46. The summed E-state index contributed by atoms with van der Waals surface area (Å²) < 4.78 is 19.3. The lowest BCUT2D eigenvalue weighted by molar-refractivity contribution is 0.384. The number of thiophene rings is 1. The van der Waals surface area contributed by atoms with Gasteiger partial charge in [0.1, 0.15) is 5.52 Å². The van der Waals surface area contributed by atoms with Gasteiger partial charge in [0.15, 0.2) is 5.82 Å². The molecule has 0 amide bonds. The molecule has 1 N–H and O–H groups in total. The summed E-state index contributed by atoms with van der Waals surface area (Å²) in [5.74, 6) is 0.376. The maximum Gasteiger partial charge on any atom is 0.153 e. The van der Waals surface area contributed by atoms with Crippen LogP contribution >= 0.6 is 11.3 Å². The van der Waals surface area contributed by atoms with Gasteiger partial charge in [-0.05, 0) is 44.4 Å². The topological polar surface area (TPSA) is 34.8 Å². The molecule has 1 aromatic carbocycles. The summed E-state index contributed by atoms with van der Waals surface area (Å²) in [6.07, 6.45) is 8.48. The minimum Gasteiger partial charge on any atom is -0.322 e. The first-order valence-corrected chi connectivity index (χ1v) is 9.86. The van der Waals surface area contributed by atoms with Crippen LogP contribution in [0.2, 0.25) is 0 Å². The summed E-state index contributed by atoms with van der Waals surface area (Å²) in [5.41, 5.74) is 1.26. The van der Waals surface area contributed by atoms with E-state index in [2.05, 4.69) is 35.8 Å². The molecule has 0 radical (unpaired) electrons. The minimum absolute atomic E-state index is 0.278. The number of halogens is 1. The van der Waals surface area contributed by atoms with Crippen LogP contribution in [0.1, 0.15) is 30.6 Å². The predicted octanol–water partition coefficient (Wildman–Crippen LogP) is 4.57. The average Bonchev–Trinajstić information content (AvgIpc) is 3.26. The van der Waals surface area contributed by atoms with Crippen molar-refractivity contribution >= 4 is 32.3 Å². The van der Waals surface area contributed by atoms with E-state index in [-0.39, 0.29) is 5.82 Å². The number of hydrogen-bond donors (Lipinski definition) is 1. The van der Waals surface area contributed by atoms with Crippen molar-refractivity contribution in [3.8, 4) is 5.69 Å². The quantitative estimate of drug-likeness (QED) is 0.562. The second-order valence-electron chi connectivity index (χ2n) is 7.38. The molecule has 2 atom stereocenters. The zero-order chi connectivity index (χ0) is 17.8. The van der Waals surface area contributed by atoms with E-state index in [4.69, 9.17) is 0 Å². The number of nitrogens with one attached hydrogen (secondary N) is 1. The van der Waals surface area contributed by atoms with Crippen LogP contribution < -0.4 is 5.32 Å². The molecule has 4 heterocycles. The normalized spacial score (nSPS) is 21.0. The Morgan fingerprint density at radius 2 is 2.08 bits per heavy atom. The molecule has 1 saturated heterocycles. The zero-order valence-electron chi connectivity index (χ0n) is 14.9. The first-order valence-electron chi connectivity index (χ1n) is 9.05. The van der Waals surface area contributed by atoms with Crippen molar-refractivity contribution in [3.63, 3.8) is 0 Å². The Kier molecular flexibility index (Phi) is 3.65. The van der Waals surface area contributed by atoms with E-state index >= 15 is 0 Å². The number of hydrogen-bond acceptors (Lipinski definition) is 3. The first-order chi connectivity index (χ1) is 12.6. The molecule has 6 heteroatoms. The van der Waals surface area contributed by atoms with Gasteiger partial charge in [-0.1, -0.05) is 0 Å². The Morgan fingerprint density at radius 1 is 1.19 bits per heavy atom. The fourth-order valence-corrected chi connectivity index (χ4v) is 5.26. The number of piperidine rings is 1. The van der Waals surface area contributed by atoms with E-state index < -0.39 is 0 Å². The average molecular weight is 368 g/mol. The number of benzene rings is 1. The molecule has 4 nitrogen and oxygen atoms in total. The molecule has 4 aromatic rings. The number of aryl methyl sites for hydroxylation is 1. The summed E-state index contributed by atoms with van der Waals surface area (Å²) >= 11 is 1.87. The Labute approximate surface area is 155 Å². The fourth-order valence-electron chi connectivity index (χ4n) is 4.04. The largest absolute Gasteiger partial charge is 0.322 e. The highest BCUT2D eigenvalue weighted by molar-refractivity contribution is 7.19. The SMILES string of the molecule is C[C@@H]1CC(c2cc3cn(-c4cc(F)c5nn(C)cc5c4)cc3s2)CCN1. The first kappa shape index (κ1) is 16.0. The number of nitrogens with zero attached hydrogens (tertiary/aromatic N) is 3. The third-order valence-electron chi connectivity index (χ3n) is 5.33. The van der Waals surface area contributed by atoms with Crippen LogP contribution in [-0.2, 0) is 7.05 Å². The lowest BCUT2D eigenvalue weighted by atomic mass is 9.92. The van der Waals surface area contributed by atoms with Gasteiger partial charge in [-0.3, -0.25) is 4.68 Å². The molecule has 0 bridgehead atoms. The van der Waals surface area contributed by atoms with Crippen LogP contribution in [0.25, 0.3) is 26.7 Å². The highest BCUT2D eigenvalue weighted by Crippen LogP contribution is 2.37. The van der Waals surface area contributed by atoms with Crippen molar-refractivity contribution in [1.82, 2.24) is 19.7 Å². The molecule has 5 rings (SSSR count). The third-order valence-corrected chi connectivity index (χ3v) is 6.58. The lowest BCUT2D eigenvalue weighted by Crippen LogP contribution is -2.34. The van der Waals surface area contributed by atoms with E-state index in [9.17, 15) is 4.39 Å². The Morgan fingerprint density at radius 3 is 2.88 bits per heavy atom. The fraction of sp³-hybridized carbons (Fsp3) is 0.350. The van der Waals surface area contributed by atoms with E-state index in [1.54, 1.807) is 10.7 Å². The lowest BCUT2D eigenvalue weighted by Gasteiger charge is -2.27. The van der Waals surface area contributed by atoms with Crippen LogP contribution in [0.4, 0.5) is 4.39 Å². The number of fused-ring (bicyclic) bond motifs is 2. The van der Waals surface area contributed by atoms with Crippen molar-refractivity contribution in [2.24, 2.45) is 7.05 Å². The molecule has 1 aliphatic heterocycles. The van der Waals surface area contributed by atoms with E-state index in [0.29, 0.717) is 17.5 Å². The van der Waals surface area contributed by atoms with Crippen molar-refractivity contribution < 1.29 is 4.39 Å². The van der Waals surface area contributed by atoms with Gasteiger partial charge >= 0.3 is 0 Å². The van der Waals surface area contributed by atoms with Crippen LogP contribution in [0.5, 0.6) is 0 Å². The Balaban J connectivity index is 1.51. The van der Waals surface area contributed by atoms with Crippen molar-refractivity contribution in [1.29, 1.82) is 0 Å². The summed E-state index contributed by atoms with van der Waals surface area (Å²) in [6.45, 7) is 3.36. The maximum atomic E-state index is 14.4. The molecule has 26 heavy (non-hydrogen) atoms. The van der Waals surface area contributed by atoms with Gasteiger partial charge in [-0.2, -0.15) is 5.10 Å². The highest BCUT2D eigenvalue weighted by atomic mass is 32.1. The maximum absolute atomic E-state index is 14.4. The van der Waals surface area contributed by atoms with E-state index in [1.807, 2.05) is 35.2 Å². The molecular weight excluding hydrogens is 347 g/mol. The van der Waals surface area contributed by atoms with Gasteiger partial charge in [-0.25, -0.2) is 4.39 Å². The molecular formula is C20H21FN4S. The number of aromatic nitrogens is 3. The van der Waals surface area contributed by atoms with Crippen LogP contribution in [0.3, 0.4) is 0 Å². The van der Waals surface area contributed by atoms with Crippen LogP contribution in [0, 0.1) is 5.82 Å². The third kappa shape index (κ3) is 2.64. The second kappa shape index (κ2) is 5.93. The van der Waals surface area contributed by atoms with Crippen molar-refractivity contribution in [3.05, 3.63) is 47.5 Å². The van der Waals surface area contributed by atoms with Gasteiger partial charge in [0, 0.05) is 59.1 Å². The molecule has 1 fully saturated rings. The van der Waals surface area contributed by atoms with Gasteiger partial charge in [0.2, 0.25) is 0 Å². The Bertz CT molecular complexity index is 1070. The summed E-state index contributed by atoms with van der Waals surface area (Å²) in [4.78, 5) is 1.48. The summed E-state index contributed by atoms with van der Waals surface area (Å²) in [5, 5.41) is 9.76. The van der Waals surface area contributed by atoms with Crippen molar-refractivity contribution in [2.75, 3.05) is 6.54 Å². The van der Waals surface area contributed by atoms with Gasteiger partial charge in [0.25, 0.3) is 0 Å². The van der Waals surface area contributed by atoms with E-state index in [1.165, 1.54) is 27.8 Å². The predicted molar refractivity (Wildman–Crippen MR) is 105 cm³/mol. The monoisotopic (exact) mass is 368 g/mol. The second-order valence-corrected chi connectivity index (χ2v) is 8.49. The zero-order valence-corrected chi connectivity index (χ0v) is 15.7. The van der Waals surface area contributed by atoms with Crippen molar-refractivity contribution in [2.45, 2.75) is 31.7 Å². The molecule has 1 unspecified atom stereocenters. The van der Waals surface area contributed by atoms with Gasteiger partial charge in [-0.15, -0.1) is 11.3 Å². The molecule has 0 aliphatic carbocycles. The highest BCUT2D eigenvalue weighted by Gasteiger charge is 2.22. The van der Waals surface area contributed by atoms with E-state index in [0.717, 1.165) is 17.6 Å². The Hall–Kier alpha value is -2.18. The smallest absolute Gasteiger partial charge is 0.153 e. The van der Waals surface area contributed by atoms with Gasteiger partial charge < -0.3 is 9.88 Å². The minimum atomic E-state index is -0.278. The summed E-state index contributed by atoms with van der Waals surface area (Å²) in [7, 11) is 1.81. The molecule has 0 spiro atoms.